The standard InChI is InChI=1S/C29H34N4O3/c34-22-32-18-16-31(17-19-32)21-23-8-11-26(12-9-23)36-20-14-25-6-3-4-15-33(25)29(35)28-13-10-24-5-1-2-7-27(24)30-28/h1-2,5,7-13,22,25H,3-4,6,14-21H2. The van der Waals surface area contributed by atoms with E-state index in [1.54, 1.807) is 0 Å². The number of carbonyl (C=O) groups is 2. The van der Waals surface area contributed by atoms with Gasteiger partial charge in [-0.15, -0.1) is 0 Å². The Bertz CT molecular complexity index is 1170. The first-order valence-electron chi connectivity index (χ1n) is 13.0. The number of hydrogen-bond acceptors (Lipinski definition) is 5. The Labute approximate surface area is 212 Å². The number of amides is 2. The van der Waals surface area contributed by atoms with E-state index in [0.717, 1.165) is 88.0 Å². The molecule has 0 aliphatic carbocycles. The highest BCUT2D eigenvalue weighted by Crippen LogP contribution is 2.23. The second kappa shape index (κ2) is 11.5. The fourth-order valence-electron chi connectivity index (χ4n) is 5.19. The zero-order chi connectivity index (χ0) is 24.7. The Morgan fingerprint density at radius 2 is 1.75 bits per heavy atom. The van der Waals surface area contributed by atoms with Crippen molar-refractivity contribution in [3.8, 4) is 5.75 Å². The minimum atomic E-state index is 0.0174. The average molecular weight is 487 g/mol. The second-order valence-electron chi connectivity index (χ2n) is 9.74. The van der Waals surface area contributed by atoms with Gasteiger partial charge in [-0.3, -0.25) is 14.5 Å². The number of ether oxygens (including phenoxy) is 1. The Kier molecular flexibility index (Phi) is 7.76. The highest BCUT2D eigenvalue weighted by molar-refractivity contribution is 5.95. The number of piperidine rings is 1. The van der Waals surface area contributed by atoms with E-state index < -0.39 is 0 Å². The van der Waals surface area contributed by atoms with Gasteiger partial charge in [0, 0.05) is 57.1 Å². The number of likely N-dealkylation sites (tertiary alicyclic amines) is 1. The number of aromatic nitrogens is 1. The summed E-state index contributed by atoms with van der Waals surface area (Å²) in [5, 5.41) is 1.05. The molecule has 0 radical (unpaired) electrons. The van der Waals surface area contributed by atoms with Gasteiger partial charge >= 0.3 is 0 Å². The summed E-state index contributed by atoms with van der Waals surface area (Å²) >= 11 is 0. The molecule has 1 aromatic heterocycles. The summed E-state index contributed by atoms with van der Waals surface area (Å²) in [6, 6.07) is 20.2. The van der Waals surface area contributed by atoms with E-state index in [1.165, 1.54) is 5.56 Å². The molecule has 2 aliphatic rings. The molecule has 1 atom stereocenters. The number of rotatable bonds is 8. The lowest BCUT2D eigenvalue weighted by molar-refractivity contribution is -0.119. The van der Waals surface area contributed by atoms with Crippen molar-refractivity contribution in [1.29, 1.82) is 0 Å². The van der Waals surface area contributed by atoms with Crippen molar-refractivity contribution in [2.24, 2.45) is 0 Å². The van der Waals surface area contributed by atoms with Crippen LogP contribution in [0.25, 0.3) is 10.9 Å². The van der Waals surface area contributed by atoms with Gasteiger partial charge in [-0.2, -0.15) is 0 Å². The Morgan fingerprint density at radius 1 is 0.944 bits per heavy atom. The minimum absolute atomic E-state index is 0.0174. The Morgan fingerprint density at radius 3 is 2.56 bits per heavy atom. The fraction of sp³-hybridized carbons (Fsp3) is 0.414. The summed E-state index contributed by atoms with van der Waals surface area (Å²) in [4.78, 5) is 35.0. The van der Waals surface area contributed by atoms with Crippen molar-refractivity contribution in [3.05, 3.63) is 71.9 Å². The van der Waals surface area contributed by atoms with Crippen LogP contribution < -0.4 is 4.74 Å². The molecule has 5 rings (SSSR count). The average Bonchev–Trinajstić information content (AvgIpc) is 2.94. The number of pyridine rings is 1. The van der Waals surface area contributed by atoms with E-state index in [2.05, 4.69) is 22.0 Å². The highest BCUT2D eigenvalue weighted by atomic mass is 16.5. The van der Waals surface area contributed by atoms with Crippen LogP contribution in [0.15, 0.2) is 60.7 Å². The molecule has 2 amide bonds. The van der Waals surface area contributed by atoms with E-state index in [9.17, 15) is 9.59 Å². The summed E-state index contributed by atoms with van der Waals surface area (Å²) in [6.45, 7) is 5.63. The number of hydrogen-bond donors (Lipinski definition) is 0. The van der Waals surface area contributed by atoms with E-state index in [1.807, 2.05) is 58.3 Å². The third-order valence-corrected chi connectivity index (χ3v) is 7.31. The van der Waals surface area contributed by atoms with E-state index in [-0.39, 0.29) is 11.9 Å². The van der Waals surface area contributed by atoms with E-state index in [4.69, 9.17) is 4.74 Å². The van der Waals surface area contributed by atoms with Crippen LogP contribution in [0.2, 0.25) is 0 Å². The molecule has 3 heterocycles. The molecule has 2 aromatic carbocycles. The normalized spacial score (nSPS) is 18.8. The van der Waals surface area contributed by atoms with E-state index in [0.29, 0.717) is 12.3 Å². The minimum Gasteiger partial charge on any atom is -0.494 e. The van der Waals surface area contributed by atoms with Crippen LogP contribution in [0, 0.1) is 0 Å². The molecule has 0 saturated carbocycles. The monoisotopic (exact) mass is 486 g/mol. The lowest BCUT2D eigenvalue weighted by Gasteiger charge is -2.35. The molecule has 0 bridgehead atoms. The van der Waals surface area contributed by atoms with Gasteiger partial charge in [-0.25, -0.2) is 4.98 Å². The first kappa shape index (κ1) is 24.3. The largest absolute Gasteiger partial charge is 0.494 e. The van der Waals surface area contributed by atoms with E-state index >= 15 is 0 Å². The van der Waals surface area contributed by atoms with Crippen LogP contribution >= 0.6 is 0 Å². The molecule has 0 N–H and O–H groups in total. The molecule has 3 aromatic rings. The lowest BCUT2D eigenvalue weighted by Crippen LogP contribution is -2.45. The predicted molar refractivity (Wildman–Crippen MR) is 140 cm³/mol. The molecule has 7 nitrogen and oxygen atoms in total. The molecule has 1 unspecified atom stereocenters. The van der Waals surface area contributed by atoms with Gasteiger partial charge in [-0.05, 0) is 49.1 Å². The first-order valence-corrected chi connectivity index (χ1v) is 13.0. The van der Waals surface area contributed by atoms with Crippen LogP contribution in [0.3, 0.4) is 0 Å². The van der Waals surface area contributed by atoms with Crippen molar-refractivity contribution in [2.45, 2.75) is 38.3 Å². The molecule has 36 heavy (non-hydrogen) atoms. The fourth-order valence-corrected chi connectivity index (χ4v) is 5.19. The Hall–Kier alpha value is -3.45. The smallest absolute Gasteiger partial charge is 0.272 e. The van der Waals surface area contributed by atoms with Crippen LogP contribution in [0.1, 0.15) is 41.7 Å². The quantitative estimate of drug-likeness (QED) is 0.451. The molecule has 188 valence electrons. The van der Waals surface area contributed by atoms with Gasteiger partial charge in [0.15, 0.2) is 0 Å². The summed E-state index contributed by atoms with van der Waals surface area (Å²) in [6.07, 6.45) is 4.91. The summed E-state index contributed by atoms with van der Waals surface area (Å²) in [5.41, 5.74) is 2.62. The SMILES string of the molecule is O=CN1CCN(Cc2ccc(OCCC3CCCCN3C(=O)c3ccc4ccccc4n3)cc2)CC1. The van der Waals surface area contributed by atoms with Crippen LogP contribution in [0.4, 0.5) is 0 Å². The zero-order valence-electron chi connectivity index (χ0n) is 20.7. The van der Waals surface area contributed by atoms with Gasteiger partial charge in [0.25, 0.3) is 5.91 Å². The van der Waals surface area contributed by atoms with Crippen LogP contribution in [0.5, 0.6) is 5.75 Å². The second-order valence-corrected chi connectivity index (χ2v) is 9.74. The number of carbonyl (C=O) groups excluding carboxylic acids is 2. The highest BCUT2D eigenvalue weighted by Gasteiger charge is 2.28. The third kappa shape index (κ3) is 5.85. The summed E-state index contributed by atoms with van der Waals surface area (Å²) in [7, 11) is 0. The molecule has 2 aliphatic heterocycles. The third-order valence-electron chi connectivity index (χ3n) is 7.31. The van der Waals surface area contributed by atoms with Crippen molar-refractivity contribution < 1.29 is 14.3 Å². The number of fused-ring (bicyclic) bond motifs is 1. The summed E-state index contributed by atoms with van der Waals surface area (Å²) < 4.78 is 6.06. The van der Waals surface area contributed by atoms with Gasteiger partial charge < -0.3 is 14.5 Å². The summed E-state index contributed by atoms with van der Waals surface area (Å²) in [5.74, 6) is 0.873. The van der Waals surface area contributed by atoms with Gasteiger partial charge in [-0.1, -0.05) is 36.4 Å². The maximum Gasteiger partial charge on any atom is 0.272 e. The number of para-hydroxylation sites is 1. The van der Waals surface area contributed by atoms with Gasteiger partial charge in [0.2, 0.25) is 6.41 Å². The first-order chi connectivity index (χ1) is 17.7. The molecular weight excluding hydrogens is 452 g/mol. The molecule has 2 saturated heterocycles. The lowest BCUT2D eigenvalue weighted by atomic mass is 9.99. The number of piperazine rings is 1. The van der Waals surface area contributed by atoms with Crippen molar-refractivity contribution in [3.63, 3.8) is 0 Å². The molecule has 7 heteroatoms. The Balaban J connectivity index is 1.13. The maximum absolute atomic E-state index is 13.3. The maximum atomic E-state index is 13.3. The van der Waals surface area contributed by atoms with Crippen LogP contribution in [-0.2, 0) is 11.3 Å². The number of benzene rings is 2. The number of nitrogens with zero attached hydrogens (tertiary/aromatic N) is 4. The molecule has 2 fully saturated rings. The van der Waals surface area contributed by atoms with Crippen molar-refractivity contribution in [1.82, 2.24) is 19.7 Å². The van der Waals surface area contributed by atoms with Gasteiger partial charge in [0.05, 0.1) is 12.1 Å². The topological polar surface area (TPSA) is 66.0 Å². The van der Waals surface area contributed by atoms with Crippen molar-refractivity contribution in [2.75, 3.05) is 39.3 Å². The zero-order valence-corrected chi connectivity index (χ0v) is 20.7. The van der Waals surface area contributed by atoms with Gasteiger partial charge in [0.1, 0.15) is 11.4 Å². The molecule has 0 spiro atoms. The molecular formula is C29H34N4O3. The van der Waals surface area contributed by atoms with Crippen LogP contribution in [-0.4, -0.2) is 77.4 Å². The predicted octanol–water partition coefficient (Wildman–Crippen LogP) is 3.97. The van der Waals surface area contributed by atoms with Crippen molar-refractivity contribution >= 4 is 23.2 Å².